The number of sulfonamides is 1. The zero-order chi connectivity index (χ0) is 21.8. The summed E-state index contributed by atoms with van der Waals surface area (Å²) < 4.78 is 27.9. The zero-order valence-corrected chi connectivity index (χ0v) is 19.0. The minimum absolute atomic E-state index is 0.0263. The summed E-state index contributed by atoms with van der Waals surface area (Å²) in [7, 11) is -3.51. The molecule has 2 heterocycles. The van der Waals surface area contributed by atoms with Crippen LogP contribution >= 0.6 is 11.3 Å². The van der Waals surface area contributed by atoms with Crippen molar-refractivity contribution in [2.45, 2.75) is 19.8 Å². The standard InChI is InChI=1S/C23H25N3O3S2/c1-2-26(23-24-20-10-6-7-11-21(20)30-23)22(27)19-12-15-25(16-13-19)31(28,29)17-14-18-8-4-3-5-9-18/h3-11,14,17,19H,2,12-13,15-16H2,1H3/b17-14+. The van der Waals surface area contributed by atoms with Gasteiger partial charge in [0.1, 0.15) is 0 Å². The fraction of sp³-hybridized carbons (Fsp3) is 0.304. The number of nitrogens with zero attached hydrogens (tertiary/aromatic N) is 3. The molecule has 1 saturated heterocycles. The van der Waals surface area contributed by atoms with E-state index < -0.39 is 10.0 Å². The molecular weight excluding hydrogens is 430 g/mol. The summed E-state index contributed by atoms with van der Waals surface area (Å²) >= 11 is 1.51. The third kappa shape index (κ3) is 4.87. The van der Waals surface area contributed by atoms with Crippen LogP contribution in [0, 0.1) is 5.92 Å². The number of para-hydroxylation sites is 1. The number of hydrogen-bond donors (Lipinski definition) is 0. The zero-order valence-electron chi connectivity index (χ0n) is 17.3. The summed E-state index contributed by atoms with van der Waals surface area (Å²) in [6.07, 6.45) is 2.63. The Morgan fingerprint density at radius 1 is 1.13 bits per heavy atom. The van der Waals surface area contributed by atoms with Crippen LogP contribution in [0.1, 0.15) is 25.3 Å². The van der Waals surface area contributed by atoms with Crippen LogP contribution in [0.5, 0.6) is 0 Å². The Morgan fingerprint density at radius 2 is 1.81 bits per heavy atom. The number of piperidine rings is 1. The fourth-order valence-corrected chi connectivity index (χ4v) is 6.01. The van der Waals surface area contributed by atoms with Crippen molar-refractivity contribution in [3.63, 3.8) is 0 Å². The van der Waals surface area contributed by atoms with Gasteiger partial charge < -0.3 is 0 Å². The summed E-state index contributed by atoms with van der Waals surface area (Å²) in [5, 5.41) is 1.96. The smallest absolute Gasteiger partial charge is 0.236 e. The molecule has 0 bridgehead atoms. The summed E-state index contributed by atoms with van der Waals surface area (Å²) in [6, 6.07) is 17.2. The van der Waals surface area contributed by atoms with E-state index in [2.05, 4.69) is 4.98 Å². The van der Waals surface area contributed by atoms with Gasteiger partial charge in [0.15, 0.2) is 5.13 Å². The Morgan fingerprint density at radius 3 is 2.48 bits per heavy atom. The highest BCUT2D eigenvalue weighted by Gasteiger charge is 2.33. The monoisotopic (exact) mass is 455 g/mol. The Labute approximate surface area is 186 Å². The third-order valence-corrected chi connectivity index (χ3v) is 8.12. The van der Waals surface area contributed by atoms with Crippen molar-refractivity contribution in [3.05, 3.63) is 65.6 Å². The molecular formula is C23H25N3O3S2. The normalized spacial score (nSPS) is 16.2. The third-order valence-electron chi connectivity index (χ3n) is 5.49. The van der Waals surface area contributed by atoms with Gasteiger partial charge in [-0.15, -0.1) is 0 Å². The average Bonchev–Trinajstić information content (AvgIpc) is 3.23. The van der Waals surface area contributed by atoms with Gasteiger partial charge in [-0.2, -0.15) is 4.31 Å². The predicted octanol–water partition coefficient (Wildman–Crippen LogP) is 4.36. The second kappa shape index (κ2) is 9.30. The molecule has 0 atom stereocenters. The minimum Gasteiger partial charge on any atom is -0.288 e. The molecule has 0 spiro atoms. The number of hydrogen-bond acceptors (Lipinski definition) is 5. The lowest BCUT2D eigenvalue weighted by atomic mass is 9.96. The number of amides is 1. The molecule has 3 aromatic rings. The molecule has 1 aliphatic heterocycles. The van der Waals surface area contributed by atoms with Crippen molar-refractivity contribution < 1.29 is 13.2 Å². The molecule has 8 heteroatoms. The number of aromatic nitrogens is 1. The molecule has 1 aromatic heterocycles. The molecule has 4 rings (SSSR count). The summed E-state index contributed by atoms with van der Waals surface area (Å²) in [4.78, 5) is 19.5. The van der Waals surface area contributed by atoms with Gasteiger partial charge in [-0.3, -0.25) is 9.69 Å². The van der Waals surface area contributed by atoms with E-state index in [9.17, 15) is 13.2 Å². The highest BCUT2D eigenvalue weighted by atomic mass is 32.2. The van der Waals surface area contributed by atoms with Crippen molar-refractivity contribution in [2.24, 2.45) is 5.92 Å². The lowest BCUT2D eigenvalue weighted by Gasteiger charge is -2.32. The molecule has 1 amide bonds. The molecule has 0 N–H and O–H groups in total. The van der Waals surface area contributed by atoms with E-state index in [0.717, 1.165) is 15.8 Å². The van der Waals surface area contributed by atoms with Gasteiger partial charge in [0.2, 0.25) is 15.9 Å². The highest BCUT2D eigenvalue weighted by molar-refractivity contribution is 7.92. The van der Waals surface area contributed by atoms with E-state index in [4.69, 9.17) is 0 Å². The second-order valence-electron chi connectivity index (χ2n) is 7.48. The van der Waals surface area contributed by atoms with Crippen LogP contribution in [0.15, 0.2) is 60.0 Å². The van der Waals surface area contributed by atoms with E-state index in [1.165, 1.54) is 21.1 Å². The van der Waals surface area contributed by atoms with Gasteiger partial charge in [-0.25, -0.2) is 13.4 Å². The van der Waals surface area contributed by atoms with Crippen molar-refractivity contribution in [3.8, 4) is 0 Å². The molecule has 2 aromatic carbocycles. The van der Waals surface area contributed by atoms with Crippen LogP contribution < -0.4 is 4.90 Å². The van der Waals surface area contributed by atoms with Crippen molar-refractivity contribution >= 4 is 48.7 Å². The minimum atomic E-state index is -3.51. The van der Waals surface area contributed by atoms with Crippen LogP contribution in [-0.4, -0.2) is 43.2 Å². The molecule has 1 aliphatic rings. The number of carbonyl (C=O) groups excluding carboxylic acids is 1. The first kappa shape index (κ1) is 21.7. The van der Waals surface area contributed by atoms with E-state index in [0.29, 0.717) is 37.6 Å². The summed E-state index contributed by atoms with van der Waals surface area (Å²) in [5.41, 5.74) is 1.73. The van der Waals surface area contributed by atoms with Crippen LogP contribution in [0.2, 0.25) is 0 Å². The van der Waals surface area contributed by atoms with Crippen molar-refractivity contribution in [1.29, 1.82) is 0 Å². The maximum Gasteiger partial charge on any atom is 0.236 e. The van der Waals surface area contributed by atoms with Gasteiger partial charge >= 0.3 is 0 Å². The Kier molecular flexibility index (Phi) is 6.50. The van der Waals surface area contributed by atoms with Crippen LogP contribution in [0.25, 0.3) is 16.3 Å². The maximum absolute atomic E-state index is 13.2. The van der Waals surface area contributed by atoms with E-state index >= 15 is 0 Å². The molecule has 0 unspecified atom stereocenters. The lowest BCUT2D eigenvalue weighted by Crippen LogP contribution is -2.44. The SMILES string of the molecule is CCN(C(=O)C1CCN(S(=O)(=O)/C=C/c2ccccc2)CC1)c1nc2ccccc2s1. The number of thiazole rings is 1. The molecule has 1 fully saturated rings. The first-order chi connectivity index (χ1) is 15.0. The lowest BCUT2D eigenvalue weighted by molar-refractivity contribution is -0.123. The molecule has 31 heavy (non-hydrogen) atoms. The highest BCUT2D eigenvalue weighted by Crippen LogP contribution is 2.31. The average molecular weight is 456 g/mol. The van der Waals surface area contributed by atoms with E-state index in [1.54, 1.807) is 11.0 Å². The summed E-state index contributed by atoms with van der Waals surface area (Å²) in [5.74, 6) is -0.171. The predicted molar refractivity (Wildman–Crippen MR) is 126 cm³/mol. The Balaban J connectivity index is 1.41. The van der Waals surface area contributed by atoms with E-state index in [-0.39, 0.29) is 11.8 Å². The maximum atomic E-state index is 13.2. The second-order valence-corrected chi connectivity index (χ2v) is 10.3. The number of benzene rings is 2. The van der Waals surface area contributed by atoms with Crippen molar-refractivity contribution in [2.75, 3.05) is 24.5 Å². The number of anilines is 1. The Hall–Kier alpha value is -2.55. The molecule has 0 radical (unpaired) electrons. The van der Waals surface area contributed by atoms with Crippen LogP contribution in [0.4, 0.5) is 5.13 Å². The number of rotatable bonds is 6. The van der Waals surface area contributed by atoms with Gasteiger partial charge in [0.05, 0.1) is 10.2 Å². The topological polar surface area (TPSA) is 70.6 Å². The molecule has 6 nitrogen and oxygen atoms in total. The first-order valence-corrected chi connectivity index (χ1v) is 12.7. The summed E-state index contributed by atoms with van der Waals surface area (Å²) in [6.45, 7) is 3.17. The van der Waals surface area contributed by atoms with Gasteiger partial charge in [-0.1, -0.05) is 53.8 Å². The molecule has 162 valence electrons. The van der Waals surface area contributed by atoms with Gasteiger partial charge in [-0.05, 0) is 43.5 Å². The molecule has 0 aliphatic carbocycles. The van der Waals surface area contributed by atoms with E-state index in [1.807, 2.05) is 61.5 Å². The van der Waals surface area contributed by atoms with Crippen molar-refractivity contribution in [1.82, 2.24) is 9.29 Å². The van der Waals surface area contributed by atoms with Crippen LogP contribution in [0.3, 0.4) is 0 Å². The number of carbonyl (C=O) groups is 1. The van der Waals surface area contributed by atoms with Gasteiger partial charge in [0, 0.05) is 31.0 Å². The Bertz CT molecular complexity index is 1150. The van der Waals surface area contributed by atoms with Crippen LogP contribution in [-0.2, 0) is 14.8 Å². The largest absolute Gasteiger partial charge is 0.288 e. The first-order valence-electron chi connectivity index (χ1n) is 10.4. The fourth-order valence-electron chi connectivity index (χ4n) is 3.75. The molecule has 0 saturated carbocycles. The number of fused-ring (bicyclic) bond motifs is 1. The quantitative estimate of drug-likeness (QED) is 0.554. The van der Waals surface area contributed by atoms with Gasteiger partial charge in [0.25, 0.3) is 0 Å².